The number of thioether (sulfide) groups is 1. The van der Waals surface area contributed by atoms with E-state index in [0.29, 0.717) is 24.1 Å². The smallest absolute Gasteiger partial charge is 0.316 e. The average Bonchev–Trinajstić information content (AvgIpc) is 2.95. The van der Waals surface area contributed by atoms with E-state index in [1.54, 1.807) is 6.92 Å². The Hall–Kier alpha value is -1.86. The van der Waals surface area contributed by atoms with E-state index in [4.69, 9.17) is 14.9 Å². The van der Waals surface area contributed by atoms with E-state index in [0.717, 1.165) is 17.3 Å². The molecule has 1 aromatic heterocycles. The molecule has 6 nitrogen and oxygen atoms in total. The fourth-order valence-electron chi connectivity index (χ4n) is 1.71. The lowest BCUT2D eigenvalue weighted by Crippen LogP contribution is -2.13. The van der Waals surface area contributed by atoms with Gasteiger partial charge < -0.3 is 14.9 Å². The maximum absolute atomic E-state index is 11.2. The summed E-state index contributed by atoms with van der Waals surface area (Å²) < 4.78 is 10.3. The lowest BCUT2D eigenvalue weighted by molar-refractivity contribution is -0.139. The van der Waals surface area contributed by atoms with Crippen LogP contribution >= 0.6 is 11.8 Å². The molecule has 0 aliphatic heterocycles. The first-order valence-electron chi connectivity index (χ1n) is 6.60. The van der Waals surface area contributed by atoms with Crippen LogP contribution in [0.25, 0.3) is 0 Å². The molecule has 1 atom stereocenters. The summed E-state index contributed by atoms with van der Waals surface area (Å²) in [5.74, 6) is 0.199. The van der Waals surface area contributed by atoms with E-state index in [1.807, 2.05) is 30.3 Å². The maximum Gasteiger partial charge on any atom is 0.316 e. The van der Waals surface area contributed by atoms with Gasteiger partial charge in [-0.15, -0.1) is 10.2 Å². The fraction of sp³-hybridized carbons (Fsp3) is 0.357. The average molecular weight is 307 g/mol. The summed E-state index contributed by atoms with van der Waals surface area (Å²) in [5.41, 5.74) is 7.15. The van der Waals surface area contributed by atoms with E-state index in [2.05, 4.69) is 10.2 Å². The Morgan fingerprint density at radius 2 is 2.14 bits per heavy atom. The number of nitrogens with two attached hydrogens (primary N) is 1. The molecular weight excluding hydrogens is 290 g/mol. The zero-order valence-corrected chi connectivity index (χ0v) is 12.5. The topological polar surface area (TPSA) is 91.2 Å². The van der Waals surface area contributed by atoms with Crippen molar-refractivity contribution >= 4 is 17.7 Å². The number of carbonyl (C=O) groups excluding carboxylic acids is 1. The van der Waals surface area contributed by atoms with Gasteiger partial charge in [-0.05, 0) is 18.9 Å². The SMILES string of the molecule is CCOC(=O)CSc1nnc([C@@H](N)Cc2ccccc2)o1. The van der Waals surface area contributed by atoms with Crippen molar-refractivity contribution in [2.45, 2.75) is 24.6 Å². The van der Waals surface area contributed by atoms with Crippen molar-refractivity contribution < 1.29 is 13.9 Å². The highest BCUT2D eigenvalue weighted by molar-refractivity contribution is 7.99. The quantitative estimate of drug-likeness (QED) is 0.617. The third kappa shape index (κ3) is 4.87. The third-order valence-corrected chi connectivity index (χ3v) is 3.45. The standard InChI is InChI=1S/C14H17N3O3S/c1-2-19-12(18)9-21-14-17-16-13(20-14)11(15)8-10-6-4-3-5-7-10/h3-7,11H,2,8-9,15H2,1H3/t11-/m0/s1. The van der Waals surface area contributed by atoms with Crippen LogP contribution in [0.1, 0.15) is 24.4 Å². The molecular formula is C14H17N3O3S. The van der Waals surface area contributed by atoms with Gasteiger partial charge in [0.1, 0.15) is 5.75 Å². The molecule has 2 N–H and O–H groups in total. The first kappa shape index (κ1) is 15.5. The number of hydrogen-bond acceptors (Lipinski definition) is 7. The van der Waals surface area contributed by atoms with Crippen LogP contribution in [0.4, 0.5) is 0 Å². The second kappa shape index (κ2) is 7.80. The number of rotatable bonds is 7. The molecule has 0 unspecified atom stereocenters. The van der Waals surface area contributed by atoms with Gasteiger partial charge in [-0.25, -0.2) is 0 Å². The van der Waals surface area contributed by atoms with Gasteiger partial charge in [-0.2, -0.15) is 0 Å². The highest BCUT2D eigenvalue weighted by atomic mass is 32.2. The summed E-state index contributed by atoms with van der Waals surface area (Å²) >= 11 is 1.14. The van der Waals surface area contributed by atoms with Crippen LogP contribution in [0.15, 0.2) is 40.0 Å². The minimum atomic E-state index is -0.364. The Labute approximate surface area is 127 Å². The molecule has 1 aromatic carbocycles. The Kier molecular flexibility index (Phi) is 5.77. The van der Waals surface area contributed by atoms with Gasteiger partial charge in [0.05, 0.1) is 12.6 Å². The van der Waals surface area contributed by atoms with Gasteiger partial charge in [-0.3, -0.25) is 4.79 Å². The normalized spacial score (nSPS) is 12.1. The molecule has 2 aromatic rings. The van der Waals surface area contributed by atoms with Gasteiger partial charge in [0.25, 0.3) is 5.22 Å². The third-order valence-electron chi connectivity index (χ3n) is 2.66. The molecule has 0 fully saturated rings. The zero-order chi connectivity index (χ0) is 15.1. The Bertz CT molecular complexity index is 574. The maximum atomic E-state index is 11.2. The number of nitrogens with zero attached hydrogens (tertiary/aromatic N) is 2. The van der Waals surface area contributed by atoms with Crippen LogP contribution in [0.5, 0.6) is 0 Å². The summed E-state index contributed by atoms with van der Waals surface area (Å²) in [7, 11) is 0. The molecule has 2 rings (SSSR count). The number of esters is 1. The van der Waals surface area contributed by atoms with Crippen molar-refractivity contribution in [1.82, 2.24) is 10.2 Å². The highest BCUT2D eigenvalue weighted by Gasteiger charge is 2.16. The van der Waals surface area contributed by atoms with Crippen LogP contribution in [0.3, 0.4) is 0 Å². The summed E-state index contributed by atoms with van der Waals surface area (Å²) in [5, 5.41) is 8.11. The van der Waals surface area contributed by atoms with Crippen molar-refractivity contribution in [1.29, 1.82) is 0 Å². The monoisotopic (exact) mass is 307 g/mol. The van der Waals surface area contributed by atoms with Gasteiger partial charge in [0.2, 0.25) is 5.89 Å². The van der Waals surface area contributed by atoms with Crippen molar-refractivity contribution in [3.8, 4) is 0 Å². The summed E-state index contributed by atoms with van der Waals surface area (Å²) in [6, 6.07) is 9.48. The predicted molar refractivity (Wildman–Crippen MR) is 78.7 cm³/mol. The molecule has 0 spiro atoms. The molecule has 0 bridgehead atoms. The first-order valence-corrected chi connectivity index (χ1v) is 7.59. The van der Waals surface area contributed by atoms with Crippen LogP contribution in [-0.4, -0.2) is 28.5 Å². The molecule has 0 aliphatic carbocycles. The van der Waals surface area contributed by atoms with E-state index >= 15 is 0 Å². The lowest BCUT2D eigenvalue weighted by Gasteiger charge is -2.06. The number of ether oxygens (including phenoxy) is 1. The van der Waals surface area contributed by atoms with E-state index in [-0.39, 0.29) is 17.8 Å². The Morgan fingerprint density at radius 3 is 2.86 bits per heavy atom. The van der Waals surface area contributed by atoms with Gasteiger partial charge in [0, 0.05) is 0 Å². The van der Waals surface area contributed by atoms with Crippen LogP contribution in [0.2, 0.25) is 0 Å². The van der Waals surface area contributed by atoms with E-state index in [1.165, 1.54) is 0 Å². The molecule has 112 valence electrons. The van der Waals surface area contributed by atoms with Gasteiger partial charge in [-0.1, -0.05) is 42.1 Å². The van der Waals surface area contributed by atoms with Gasteiger partial charge >= 0.3 is 5.97 Å². The second-order valence-electron chi connectivity index (χ2n) is 4.30. The number of aromatic nitrogens is 2. The van der Waals surface area contributed by atoms with Crippen molar-refractivity contribution in [2.24, 2.45) is 5.73 Å². The largest absolute Gasteiger partial charge is 0.465 e. The zero-order valence-electron chi connectivity index (χ0n) is 11.7. The van der Waals surface area contributed by atoms with Crippen molar-refractivity contribution in [3.05, 3.63) is 41.8 Å². The first-order chi connectivity index (χ1) is 10.2. The molecule has 21 heavy (non-hydrogen) atoms. The number of carbonyl (C=O) groups is 1. The van der Waals surface area contributed by atoms with Crippen molar-refractivity contribution in [2.75, 3.05) is 12.4 Å². The molecule has 0 saturated heterocycles. The summed E-state index contributed by atoms with van der Waals surface area (Å²) in [4.78, 5) is 11.2. The summed E-state index contributed by atoms with van der Waals surface area (Å²) in [6.45, 7) is 2.12. The van der Waals surface area contributed by atoms with Gasteiger partial charge in [0.15, 0.2) is 0 Å². The number of benzene rings is 1. The summed E-state index contributed by atoms with van der Waals surface area (Å²) in [6.07, 6.45) is 0.616. The van der Waals surface area contributed by atoms with Crippen LogP contribution in [-0.2, 0) is 16.0 Å². The van der Waals surface area contributed by atoms with E-state index < -0.39 is 0 Å². The Balaban J connectivity index is 1.88. The highest BCUT2D eigenvalue weighted by Crippen LogP contribution is 2.20. The minimum absolute atomic E-state index is 0.142. The second-order valence-corrected chi connectivity index (χ2v) is 5.22. The molecule has 0 amide bonds. The Morgan fingerprint density at radius 1 is 1.38 bits per heavy atom. The van der Waals surface area contributed by atoms with Crippen LogP contribution < -0.4 is 5.73 Å². The van der Waals surface area contributed by atoms with E-state index in [9.17, 15) is 4.79 Å². The lowest BCUT2D eigenvalue weighted by atomic mass is 10.1. The molecule has 0 radical (unpaired) electrons. The molecule has 7 heteroatoms. The van der Waals surface area contributed by atoms with Crippen molar-refractivity contribution in [3.63, 3.8) is 0 Å². The minimum Gasteiger partial charge on any atom is -0.465 e. The van der Waals surface area contributed by atoms with Crippen LogP contribution in [0, 0.1) is 0 Å². The number of hydrogen-bond donors (Lipinski definition) is 1. The fourth-order valence-corrected chi connectivity index (χ4v) is 2.27. The molecule has 0 aliphatic rings. The molecule has 0 saturated carbocycles. The molecule has 1 heterocycles. The predicted octanol–water partition coefficient (Wildman–Crippen LogP) is 1.97.